The molecule has 0 bridgehead atoms. The minimum Gasteiger partial charge on any atom is -0.387 e. The maximum absolute atomic E-state index is 12.3. The largest absolute Gasteiger partial charge is 0.387 e. The molecular weight excluding hydrogens is 312 g/mol. The van der Waals surface area contributed by atoms with Crippen LogP contribution >= 0.6 is 0 Å². The Bertz CT molecular complexity index is 891. The van der Waals surface area contributed by atoms with Crippen molar-refractivity contribution in [2.45, 2.75) is 12.5 Å². The molecule has 126 valence electrons. The minimum atomic E-state index is -0.720. The number of aliphatic hydroxyl groups is 1. The molecule has 0 heterocycles. The van der Waals surface area contributed by atoms with Gasteiger partial charge in [0.05, 0.1) is 12.5 Å². The Morgan fingerprint density at radius 2 is 1.68 bits per heavy atom. The van der Waals surface area contributed by atoms with Crippen LogP contribution in [0.1, 0.15) is 22.8 Å². The lowest BCUT2D eigenvalue weighted by Gasteiger charge is -2.13. The first-order chi connectivity index (χ1) is 12.2. The standard InChI is InChI=1S/C21H20N2O2/c22-13-17-11-10-16(18-8-4-5-9-19(17)18)12-21(25)23-14-20(24)15-6-2-1-3-7-15/h1-11,13,20,22,24H,12,14H2,(H,23,25). The Morgan fingerprint density at radius 3 is 2.40 bits per heavy atom. The van der Waals surface area contributed by atoms with Crippen molar-refractivity contribution in [3.63, 3.8) is 0 Å². The number of rotatable bonds is 6. The lowest BCUT2D eigenvalue weighted by atomic mass is 9.98. The maximum Gasteiger partial charge on any atom is 0.224 e. The smallest absolute Gasteiger partial charge is 0.224 e. The molecule has 0 fully saturated rings. The van der Waals surface area contributed by atoms with Gasteiger partial charge in [-0.05, 0) is 27.5 Å². The number of benzene rings is 3. The molecule has 0 aromatic heterocycles. The van der Waals surface area contributed by atoms with Gasteiger partial charge in [-0.15, -0.1) is 0 Å². The molecule has 0 aliphatic rings. The van der Waals surface area contributed by atoms with E-state index < -0.39 is 6.10 Å². The molecule has 0 radical (unpaired) electrons. The van der Waals surface area contributed by atoms with Gasteiger partial charge < -0.3 is 15.8 Å². The van der Waals surface area contributed by atoms with Crippen molar-refractivity contribution in [3.8, 4) is 0 Å². The molecule has 1 atom stereocenters. The van der Waals surface area contributed by atoms with Crippen molar-refractivity contribution in [1.82, 2.24) is 5.32 Å². The second-order valence-corrected chi connectivity index (χ2v) is 5.91. The third kappa shape index (κ3) is 3.92. The monoisotopic (exact) mass is 332 g/mol. The molecule has 4 nitrogen and oxygen atoms in total. The number of hydrogen-bond acceptors (Lipinski definition) is 3. The summed E-state index contributed by atoms with van der Waals surface area (Å²) in [5, 5.41) is 22.4. The van der Waals surface area contributed by atoms with Gasteiger partial charge in [-0.2, -0.15) is 0 Å². The number of nitrogens with one attached hydrogen (secondary N) is 2. The zero-order valence-corrected chi connectivity index (χ0v) is 13.8. The summed E-state index contributed by atoms with van der Waals surface area (Å²) in [5.74, 6) is -0.136. The lowest BCUT2D eigenvalue weighted by Crippen LogP contribution is -2.29. The van der Waals surface area contributed by atoms with E-state index in [0.717, 1.165) is 27.5 Å². The van der Waals surface area contributed by atoms with E-state index in [1.54, 1.807) is 0 Å². The van der Waals surface area contributed by atoms with Gasteiger partial charge in [-0.25, -0.2) is 0 Å². The van der Waals surface area contributed by atoms with Crippen LogP contribution in [0.2, 0.25) is 0 Å². The van der Waals surface area contributed by atoms with E-state index in [1.165, 1.54) is 6.21 Å². The molecule has 0 saturated carbocycles. The second-order valence-electron chi connectivity index (χ2n) is 5.91. The van der Waals surface area contributed by atoms with Gasteiger partial charge in [0.25, 0.3) is 0 Å². The quantitative estimate of drug-likeness (QED) is 0.606. The summed E-state index contributed by atoms with van der Waals surface area (Å²) >= 11 is 0. The molecule has 3 N–H and O–H groups in total. The molecule has 0 saturated heterocycles. The Morgan fingerprint density at radius 1 is 1.00 bits per heavy atom. The first-order valence-electron chi connectivity index (χ1n) is 8.20. The molecule has 1 amide bonds. The van der Waals surface area contributed by atoms with E-state index in [9.17, 15) is 9.90 Å². The molecule has 3 aromatic carbocycles. The topological polar surface area (TPSA) is 73.2 Å². The lowest BCUT2D eigenvalue weighted by molar-refractivity contribution is -0.120. The third-order valence-electron chi connectivity index (χ3n) is 4.23. The van der Waals surface area contributed by atoms with Gasteiger partial charge in [0.2, 0.25) is 5.91 Å². The Balaban J connectivity index is 1.69. The van der Waals surface area contributed by atoms with Crippen LogP contribution in [0.5, 0.6) is 0 Å². The van der Waals surface area contributed by atoms with Crippen LogP contribution in [0.3, 0.4) is 0 Å². The number of carbonyl (C=O) groups is 1. The fourth-order valence-electron chi connectivity index (χ4n) is 2.90. The van der Waals surface area contributed by atoms with Crippen molar-refractivity contribution < 1.29 is 9.90 Å². The van der Waals surface area contributed by atoms with E-state index in [4.69, 9.17) is 5.41 Å². The fraction of sp³-hybridized carbons (Fsp3) is 0.143. The summed E-state index contributed by atoms with van der Waals surface area (Å²) in [6.45, 7) is 0.180. The Labute approximate surface area is 146 Å². The van der Waals surface area contributed by atoms with Gasteiger partial charge in [-0.1, -0.05) is 66.7 Å². The molecule has 3 aromatic rings. The number of aliphatic hydroxyl groups excluding tert-OH is 1. The minimum absolute atomic E-state index is 0.136. The molecule has 0 aliphatic carbocycles. The molecule has 0 aliphatic heterocycles. The van der Waals surface area contributed by atoms with Gasteiger partial charge in [0, 0.05) is 12.8 Å². The van der Waals surface area contributed by atoms with Crippen LogP contribution in [-0.4, -0.2) is 23.8 Å². The first kappa shape index (κ1) is 16.9. The molecule has 3 rings (SSSR count). The average Bonchev–Trinajstić information content (AvgIpc) is 2.67. The van der Waals surface area contributed by atoms with Crippen LogP contribution in [-0.2, 0) is 11.2 Å². The van der Waals surface area contributed by atoms with E-state index in [2.05, 4.69) is 5.32 Å². The van der Waals surface area contributed by atoms with Gasteiger partial charge in [0.1, 0.15) is 0 Å². The molecule has 25 heavy (non-hydrogen) atoms. The zero-order valence-electron chi connectivity index (χ0n) is 13.8. The molecule has 4 heteroatoms. The van der Waals surface area contributed by atoms with Gasteiger partial charge >= 0.3 is 0 Å². The second kappa shape index (κ2) is 7.73. The van der Waals surface area contributed by atoms with E-state index in [-0.39, 0.29) is 18.9 Å². The van der Waals surface area contributed by atoms with Crippen molar-refractivity contribution in [2.75, 3.05) is 6.54 Å². The van der Waals surface area contributed by atoms with Crippen molar-refractivity contribution in [3.05, 3.63) is 83.4 Å². The van der Waals surface area contributed by atoms with Gasteiger partial charge in [-0.3, -0.25) is 4.79 Å². The highest BCUT2D eigenvalue weighted by Crippen LogP contribution is 2.22. The van der Waals surface area contributed by atoms with Crippen LogP contribution < -0.4 is 5.32 Å². The molecule has 1 unspecified atom stereocenters. The molecule has 0 spiro atoms. The first-order valence-corrected chi connectivity index (χ1v) is 8.20. The number of amides is 1. The summed E-state index contributed by atoms with van der Waals surface area (Å²) in [6.07, 6.45) is 0.838. The summed E-state index contributed by atoms with van der Waals surface area (Å²) < 4.78 is 0. The highest BCUT2D eigenvalue weighted by molar-refractivity contribution is 6.01. The number of hydrogen-bond donors (Lipinski definition) is 3. The Kier molecular flexibility index (Phi) is 5.21. The fourth-order valence-corrected chi connectivity index (χ4v) is 2.90. The average molecular weight is 332 g/mol. The normalized spacial score (nSPS) is 11.9. The number of carbonyl (C=O) groups excluding carboxylic acids is 1. The number of fused-ring (bicyclic) bond motifs is 1. The summed E-state index contributed by atoms with van der Waals surface area (Å²) in [4.78, 5) is 12.3. The maximum atomic E-state index is 12.3. The van der Waals surface area contributed by atoms with Gasteiger partial charge in [0.15, 0.2) is 0 Å². The van der Waals surface area contributed by atoms with E-state index in [1.807, 2.05) is 66.7 Å². The highest BCUT2D eigenvalue weighted by Gasteiger charge is 2.11. The summed E-state index contributed by atoms with van der Waals surface area (Å²) in [5.41, 5.74) is 2.52. The van der Waals surface area contributed by atoms with Crippen molar-refractivity contribution in [2.24, 2.45) is 0 Å². The van der Waals surface area contributed by atoms with Crippen LogP contribution in [0.25, 0.3) is 10.8 Å². The highest BCUT2D eigenvalue weighted by atomic mass is 16.3. The summed E-state index contributed by atoms with van der Waals surface area (Å²) in [6, 6.07) is 20.8. The van der Waals surface area contributed by atoms with E-state index >= 15 is 0 Å². The predicted molar refractivity (Wildman–Crippen MR) is 99.9 cm³/mol. The van der Waals surface area contributed by atoms with Crippen molar-refractivity contribution in [1.29, 1.82) is 5.41 Å². The van der Waals surface area contributed by atoms with E-state index in [0.29, 0.717) is 0 Å². The van der Waals surface area contributed by atoms with Crippen molar-refractivity contribution >= 4 is 22.9 Å². The van der Waals surface area contributed by atoms with Crippen LogP contribution in [0, 0.1) is 5.41 Å². The van der Waals surface area contributed by atoms with Crippen LogP contribution in [0.4, 0.5) is 0 Å². The zero-order chi connectivity index (χ0) is 17.6. The Hall–Kier alpha value is -2.98. The molecular formula is C21H20N2O2. The summed E-state index contributed by atoms with van der Waals surface area (Å²) in [7, 11) is 0. The van der Waals surface area contributed by atoms with Crippen LogP contribution in [0.15, 0.2) is 66.7 Å². The SMILES string of the molecule is N=Cc1ccc(CC(=O)NCC(O)c2ccccc2)c2ccccc12. The predicted octanol–water partition coefficient (Wildman–Crippen LogP) is 3.23. The third-order valence-corrected chi connectivity index (χ3v) is 4.23.